The van der Waals surface area contributed by atoms with Crippen LogP contribution >= 0.6 is 0 Å². The molecule has 0 aromatic heterocycles. The van der Waals surface area contributed by atoms with Gasteiger partial charge >= 0.3 is 0 Å². The van der Waals surface area contributed by atoms with E-state index in [0.717, 1.165) is 24.5 Å². The molecule has 1 saturated heterocycles. The van der Waals surface area contributed by atoms with Crippen molar-refractivity contribution < 1.29 is 19.0 Å². The van der Waals surface area contributed by atoms with Gasteiger partial charge in [0.05, 0.1) is 13.2 Å². The summed E-state index contributed by atoms with van der Waals surface area (Å²) in [6.45, 7) is 1.53. The zero-order valence-corrected chi connectivity index (χ0v) is 15.3. The molecule has 1 unspecified atom stereocenters. The van der Waals surface area contributed by atoms with E-state index in [4.69, 9.17) is 14.2 Å². The average molecular weight is 347 g/mol. The summed E-state index contributed by atoms with van der Waals surface area (Å²) in [5.74, 6) is 1.70. The summed E-state index contributed by atoms with van der Waals surface area (Å²) in [5, 5.41) is 0. The van der Waals surface area contributed by atoms with Crippen LogP contribution in [0.15, 0.2) is 24.3 Å². The molecule has 1 aromatic rings. The number of rotatable bonds is 6. The Hall–Kier alpha value is -1.75. The number of carbonyl (C=O) groups excluding carboxylic acids is 1. The molecule has 2 aliphatic rings. The summed E-state index contributed by atoms with van der Waals surface area (Å²) in [6, 6.07) is 7.72. The first-order valence-corrected chi connectivity index (χ1v) is 9.21. The van der Waals surface area contributed by atoms with Crippen LogP contribution in [0.2, 0.25) is 0 Å². The van der Waals surface area contributed by atoms with Crippen LogP contribution in [0.25, 0.3) is 0 Å². The van der Waals surface area contributed by atoms with Crippen molar-refractivity contribution in [3.8, 4) is 11.5 Å². The lowest BCUT2D eigenvalue weighted by Gasteiger charge is -2.33. The summed E-state index contributed by atoms with van der Waals surface area (Å²) in [5.41, 5.74) is 0.287. The molecular weight excluding hydrogens is 318 g/mol. The first-order chi connectivity index (χ1) is 12.2. The van der Waals surface area contributed by atoms with Crippen molar-refractivity contribution in [2.45, 2.75) is 44.6 Å². The molecule has 0 radical (unpaired) electrons. The summed E-state index contributed by atoms with van der Waals surface area (Å²) in [7, 11) is 3.23. The van der Waals surface area contributed by atoms with E-state index in [1.807, 2.05) is 29.2 Å². The minimum atomic E-state index is 0.0771. The molecule has 5 nitrogen and oxygen atoms in total. The molecule has 1 heterocycles. The molecule has 1 aliphatic heterocycles. The monoisotopic (exact) mass is 347 g/mol. The number of nitrogens with zero attached hydrogens (tertiary/aromatic N) is 1. The summed E-state index contributed by atoms with van der Waals surface area (Å²) >= 11 is 0. The minimum Gasteiger partial charge on any atom is -0.497 e. The molecule has 1 aliphatic carbocycles. The maximum Gasteiger partial charge on any atom is 0.248 e. The highest BCUT2D eigenvalue weighted by Gasteiger charge is 2.46. The van der Waals surface area contributed by atoms with Gasteiger partial charge in [-0.15, -0.1) is 0 Å². The van der Waals surface area contributed by atoms with E-state index in [-0.39, 0.29) is 24.0 Å². The summed E-state index contributed by atoms with van der Waals surface area (Å²) in [6.07, 6.45) is 7.36. The van der Waals surface area contributed by atoms with Crippen LogP contribution < -0.4 is 9.47 Å². The van der Waals surface area contributed by atoms with Gasteiger partial charge in [-0.25, -0.2) is 0 Å². The Bertz CT molecular complexity index is 566. The number of benzene rings is 1. The van der Waals surface area contributed by atoms with Crippen molar-refractivity contribution >= 4 is 5.91 Å². The zero-order chi connectivity index (χ0) is 17.7. The standard InChI is InChI=1S/C20H29NO4/c1-23-14-19(22)21-15-20(10-4-3-5-11-20)12-16(21)13-25-18-8-6-17(24-2)7-9-18/h6-9,16H,3-5,10-15H2,1-2H3. The largest absolute Gasteiger partial charge is 0.497 e. The maximum atomic E-state index is 12.5. The van der Waals surface area contributed by atoms with E-state index in [9.17, 15) is 4.79 Å². The smallest absolute Gasteiger partial charge is 0.248 e. The lowest BCUT2D eigenvalue weighted by Crippen LogP contribution is -2.41. The normalized spacial score (nSPS) is 22.2. The molecule has 2 fully saturated rings. The van der Waals surface area contributed by atoms with E-state index in [1.165, 1.54) is 32.1 Å². The molecule has 1 atom stereocenters. The Morgan fingerprint density at radius 3 is 2.44 bits per heavy atom. The van der Waals surface area contributed by atoms with Crippen molar-refractivity contribution in [2.75, 3.05) is 34.0 Å². The quantitative estimate of drug-likeness (QED) is 0.792. The zero-order valence-electron chi connectivity index (χ0n) is 15.3. The number of amides is 1. The van der Waals surface area contributed by atoms with E-state index in [0.29, 0.717) is 6.61 Å². The highest BCUT2D eigenvalue weighted by atomic mass is 16.5. The molecule has 5 heteroatoms. The first kappa shape index (κ1) is 18.1. The minimum absolute atomic E-state index is 0.0771. The van der Waals surface area contributed by atoms with Crippen molar-refractivity contribution in [3.05, 3.63) is 24.3 Å². The number of ether oxygens (including phenoxy) is 3. The molecule has 25 heavy (non-hydrogen) atoms. The first-order valence-electron chi connectivity index (χ1n) is 9.21. The molecule has 0 bridgehead atoms. The fourth-order valence-electron chi connectivity index (χ4n) is 4.34. The van der Waals surface area contributed by atoms with Crippen LogP contribution in [0, 0.1) is 5.41 Å². The SMILES string of the molecule is COCC(=O)N1CC2(CCCCC2)CC1COc1ccc(OC)cc1. The summed E-state index contributed by atoms with van der Waals surface area (Å²) in [4.78, 5) is 14.5. The second kappa shape index (κ2) is 8.09. The molecule has 138 valence electrons. The van der Waals surface area contributed by atoms with E-state index in [2.05, 4.69) is 0 Å². The average Bonchev–Trinajstić information content (AvgIpc) is 2.99. The fourth-order valence-corrected chi connectivity index (χ4v) is 4.34. The third kappa shape index (κ3) is 4.27. The van der Waals surface area contributed by atoms with Gasteiger partial charge in [0.1, 0.15) is 24.7 Å². The molecule has 0 N–H and O–H groups in total. The molecule has 3 rings (SSSR count). The van der Waals surface area contributed by atoms with Crippen molar-refractivity contribution in [1.29, 1.82) is 0 Å². The number of hydrogen-bond donors (Lipinski definition) is 0. The van der Waals surface area contributed by atoms with E-state index in [1.54, 1.807) is 14.2 Å². The van der Waals surface area contributed by atoms with Crippen molar-refractivity contribution in [3.63, 3.8) is 0 Å². The second-order valence-electron chi connectivity index (χ2n) is 7.36. The van der Waals surface area contributed by atoms with Gasteiger partial charge < -0.3 is 19.1 Å². The predicted molar refractivity (Wildman–Crippen MR) is 96.0 cm³/mol. The van der Waals surface area contributed by atoms with Crippen LogP contribution in [0.3, 0.4) is 0 Å². The number of hydrogen-bond acceptors (Lipinski definition) is 4. The summed E-state index contributed by atoms with van der Waals surface area (Å²) < 4.78 is 16.2. The maximum absolute atomic E-state index is 12.5. The van der Waals surface area contributed by atoms with Crippen molar-refractivity contribution in [1.82, 2.24) is 4.90 Å². The molecule has 1 saturated carbocycles. The molecule has 1 amide bonds. The van der Waals surface area contributed by atoms with Gasteiger partial charge in [-0.05, 0) is 48.9 Å². The number of methoxy groups -OCH3 is 2. The second-order valence-corrected chi connectivity index (χ2v) is 7.36. The van der Waals surface area contributed by atoms with Gasteiger partial charge in [0.15, 0.2) is 0 Å². The van der Waals surface area contributed by atoms with Gasteiger partial charge in [0.25, 0.3) is 0 Å². The molecular formula is C20H29NO4. The Labute approximate surface area is 150 Å². The number of likely N-dealkylation sites (tertiary alicyclic amines) is 1. The Morgan fingerprint density at radius 1 is 1.12 bits per heavy atom. The van der Waals surface area contributed by atoms with Gasteiger partial charge in [-0.2, -0.15) is 0 Å². The van der Waals surface area contributed by atoms with Gasteiger partial charge in [-0.3, -0.25) is 4.79 Å². The Kier molecular flexibility index (Phi) is 5.84. The van der Waals surface area contributed by atoms with Crippen LogP contribution in [0.5, 0.6) is 11.5 Å². The topological polar surface area (TPSA) is 48.0 Å². The molecule has 1 aromatic carbocycles. The number of carbonyl (C=O) groups is 1. The van der Waals surface area contributed by atoms with E-state index >= 15 is 0 Å². The lowest BCUT2D eigenvalue weighted by atomic mass is 9.73. The predicted octanol–water partition coefficient (Wildman–Crippen LogP) is 3.27. The van der Waals surface area contributed by atoms with E-state index < -0.39 is 0 Å². The van der Waals surface area contributed by atoms with Gasteiger partial charge in [-0.1, -0.05) is 19.3 Å². The van der Waals surface area contributed by atoms with Crippen LogP contribution in [0.4, 0.5) is 0 Å². The van der Waals surface area contributed by atoms with Crippen LogP contribution in [-0.2, 0) is 9.53 Å². The molecule has 1 spiro atoms. The van der Waals surface area contributed by atoms with Gasteiger partial charge in [0, 0.05) is 13.7 Å². The van der Waals surface area contributed by atoms with Crippen molar-refractivity contribution in [2.24, 2.45) is 5.41 Å². The fraction of sp³-hybridized carbons (Fsp3) is 0.650. The highest BCUT2D eigenvalue weighted by Crippen LogP contribution is 2.46. The Balaban J connectivity index is 1.66. The third-order valence-corrected chi connectivity index (χ3v) is 5.62. The Morgan fingerprint density at radius 2 is 1.80 bits per heavy atom. The van der Waals surface area contributed by atoms with Crippen LogP contribution in [-0.4, -0.2) is 50.8 Å². The third-order valence-electron chi connectivity index (χ3n) is 5.62. The lowest BCUT2D eigenvalue weighted by molar-refractivity contribution is -0.136. The van der Waals surface area contributed by atoms with Crippen LogP contribution in [0.1, 0.15) is 38.5 Å². The van der Waals surface area contributed by atoms with Gasteiger partial charge in [0.2, 0.25) is 5.91 Å². The highest BCUT2D eigenvalue weighted by molar-refractivity contribution is 5.78.